The Hall–Kier alpha value is -1.40. The van der Waals surface area contributed by atoms with Crippen LogP contribution in [0.25, 0.3) is 0 Å². The highest BCUT2D eigenvalue weighted by atomic mass is 16.5. The lowest BCUT2D eigenvalue weighted by Crippen LogP contribution is -2.45. The maximum atomic E-state index is 12.4. The van der Waals surface area contributed by atoms with Crippen LogP contribution in [0.4, 0.5) is 0 Å². The van der Waals surface area contributed by atoms with E-state index in [1.54, 1.807) is 0 Å². The quantitative estimate of drug-likeness (QED) is 0.0323. The van der Waals surface area contributed by atoms with Gasteiger partial charge in [0.05, 0.1) is 25.4 Å². The van der Waals surface area contributed by atoms with Gasteiger partial charge in [0.15, 0.2) is 0 Å². The molecule has 6 nitrogen and oxygen atoms in total. The molecular formula is C51H99NO5. The van der Waals surface area contributed by atoms with E-state index in [0.29, 0.717) is 25.9 Å². The summed E-state index contributed by atoms with van der Waals surface area (Å²) in [5.74, 6) is -0.0835. The Morgan fingerprint density at radius 3 is 1.25 bits per heavy atom. The number of esters is 1. The number of aliphatic hydroxyl groups excluding tert-OH is 2. The van der Waals surface area contributed by atoms with Crippen molar-refractivity contribution in [2.75, 3.05) is 13.2 Å². The van der Waals surface area contributed by atoms with E-state index < -0.39 is 12.1 Å². The summed E-state index contributed by atoms with van der Waals surface area (Å²) in [6.07, 6.45) is 53.1. The summed E-state index contributed by atoms with van der Waals surface area (Å²) in [6, 6.07) is -0.557. The molecule has 0 radical (unpaired) electrons. The van der Waals surface area contributed by atoms with Gasteiger partial charge in [0.25, 0.3) is 0 Å². The number of amides is 1. The van der Waals surface area contributed by atoms with E-state index in [0.717, 1.165) is 57.8 Å². The standard InChI is InChI=1S/C51H99NO5/c1-3-5-7-9-11-13-15-17-19-21-23-27-31-35-39-43-49(54)48(47-53)52-50(55)44-40-36-32-28-25-26-30-34-38-42-46-57-51(56)45-41-37-33-29-24-22-20-18-16-14-12-10-8-6-4-2/h18,20,48-49,53-54H,3-17,19,21-47H2,1-2H3,(H,52,55)/b20-18-. The molecule has 3 N–H and O–H groups in total. The van der Waals surface area contributed by atoms with Crippen molar-refractivity contribution < 1.29 is 24.5 Å². The summed E-state index contributed by atoms with van der Waals surface area (Å²) in [7, 11) is 0. The molecule has 0 aliphatic rings. The minimum Gasteiger partial charge on any atom is -0.466 e. The molecule has 0 saturated carbocycles. The zero-order valence-corrected chi connectivity index (χ0v) is 38.3. The van der Waals surface area contributed by atoms with Gasteiger partial charge in [0, 0.05) is 12.8 Å². The normalized spacial score (nSPS) is 12.7. The fourth-order valence-corrected chi connectivity index (χ4v) is 7.87. The second-order valence-corrected chi connectivity index (χ2v) is 17.5. The van der Waals surface area contributed by atoms with Gasteiger partial charge < -0.3 is 20.3 Å². The van der Waals surface area contributed by atoms with Gasteiger partial charge in [-0.3, -0.25) is 9.59 Å². The van der Waals surface area contributed by atoms with Crippen molar-refractivity contribution in [1.29, 1.82) is 0 Å². The molecule has 2 unspecified atom stereocenters. The topological polar surface area (TPSA) is 95.9 Å². The lowest BCUT2D eigenvalue weighted by molar-refractivity contribution is -0.143. The molecule has 0 rings (SSSR count). The molecule has 0 aromatic carbocycles. The van der Waals surface area contributed by atoms with Crippen LogP contribution in [0.15, 0.2) is 12.2 Å². The number of ether oxygens (including phenoxy) is 1. The van der Waals surface area contributed by atoms with E-state index in [2.05, 4.69) is 31.3 Å². The molecule has 338 valence electrons. The Labute approximate surface area is 355 Å². The summed E-state index contributed by atoms with van der Waals surface area (Å²) in [4.78, 5) is 24.5. The summed E-state index contributed by atoms with van der Waals surface area (Å²) < 4.78 is 5.45. The van der Waals surface area contributed by atoms with Crippen molar-refractivity contribution >= 4 is 11.9 Å². The Morgan fingerprint density at radius 2 is 0.825 bits per heavy atom. The van der Waals surface area contributed by atoms with Gasteiger partial charge in [0.2, 0.25) is 5.91 Å². The number of carbonyl (C=O) groups excluding carboxylic acids is 2. The van der Waals surface area contributed by atoms with Crippen LogP contribution < -0.4 is 5.32 Å². The van der Waals surface area contributed by atoms with E-state index in [1.165, 1.54) is 186 Å². The molecule has 0 spiro atoms. The van der Waals surface area contributed by atoms with Crippen molar-refractivity contribution in [3.8, 4) is 0 Å². The van der Waals surface area contributed by atoms with Crippen LogP contribution in [0.5, 0.6) is 0 Å². The van der Waals surface area contributed by atoms with E-state index in [1.807, 2.05) is 0 Å². The molecule has 57 heavy (non-hydrogen) atoms. The van der Waals surface area contributed by atoms with Crippen LogP contribution in [0, 0.1) is 0 Å². The molecule has 0 aliphatic carbocycles. The summed E-state index contributed by atoms with van der Waals surface area (Å²) in [5, 5.41) is 23.2. The first-order valence-corrected chi connectivity index (χ1v) is 25.4. The number of carbonyl (C=O) groups is 2. The highest BCUT2D eigenvalue weighted by Crippen LogP contribution is 2.16. The number of hydrogen-bond donors (Lipinski definition) is 3. The Bertz CT molecular complexity index is 847. The molecule has 0 saturated heterocycles. The van der Waals surface area contributed by atoms with E-state index in [9.17, 15) is 19.8 Å². The number of hydrogen-bond acceptors (Lipinski definition) is 5. The SMILES string of the molecule is CCCCCCCC/C=C\CCCCCCCC(=O)OCCCCCCCCCCCCC(=O)NC(CO)C(O)CCCCCCCCCCCCCCCCC. The molecule has 0 heterocycles. The van der Waals surface area contributed by atoms with E-state index >= 15 is 0 Å². The predicted molar refractivity (Wildman–Crippen MR) is 246 cm³/mol. The summed E-state index contributed by atoms with van der Waals surface area (Å²) >= 11 is 0. The van der Waals surface area contributed by atoms with E-state index in [4.69, 9.17) is 4.74 Å². The summed E-state index contributed by atoms with van der Waals surface area (Å²) in [5.41, 5.74) is 0. The molecule has 1 amide bonds. The van der Waals surface area contributed by atoms with Crippen LogP contribution in [0.3, 0.4) is 0 Å². The van der Waals surface area contributed by atoms with Crippen molar-refractivity contribution in [1.82, 2.24) is 5.32 Å². The summed E-state index contributed by atoms with van der Waals surface area (Å²) in [6.45, 7) is 4.90. The molecule has 6 heteroatoms. The molecule has 0 aromatic rings. The predicted octanol–water partition coefficient (Wildman–Crippen LogP) is 15.0. The molecule has 0 bridgehead atoms. The maximum Gasteiger partial charge on any atom is 0.305 e. The van der Waals surface area contributed by atoms with Crippen LogP contribution in [-0.2, 0) is 14.3 Å². The molecule has 0 aliphatic heterocycles. The van der Waals surface area contributed by atoms with Gasteiger partial charge in [-0.2, -0.15) is 0 Å². The third-order valence-corrected chi connectivity index (χ3v) is 11.8. The highest BCUT2D eigenvalue weighted by molar-refractivity contribution is 5.76. The highest BCUT2D eigenvalue weighted by Gasteiger charge is 2.20. The Balaban J connectivity index is 3.48. The zero-order chi connectivity index (χ0) is 41.5. The first kappa shape index (κ1) is 55.6. The second-order valence-electron chi connectivity index (χ2n) is 17.5. The first-order valence-electron chi connectivity index (χ1n) is 25.4. The van der Waals surface area contributed by atoms with Gasteiger partial charge in [-0.25, -0.2) is 0 Å². The molecule has 0 fully saturated rings. The van der Waals surface area contributed by atoms with Gasteiger partial charge >= 0.3 is 5.97 Å². The van der Waals surface area contributed by atoms with Crippen LogP contribution >= 0.6 is 0 Å². The lowest BCUT2D eigenvalue weighted by Gasteiger charge is -2.22. The molecule has 0 aromatic heterocycles. The fourth-order valence-electron chi connectivity index (χ4n) is 7.87. The van der Waals surface area contributed by atoms with Crippen LogP contribution in [-0.4, -0.2) is 47.4 Å². The largest absolute Gasteiger partial charge is 0.466 e. The van der Waals surface area contributed by atoms with Gasteiger partial charge in [0.1, 0.15) is 0 Å². The third kappa shape index (κ3) is 44.0. The third-order valence-electron chi connectivity index (χ3n) is 11.8. The van der Waals surface area contributed by atoms with Crippen LogP contribution in [0.2, 0.25) is 0 Å². The van der Waals surface area contributed by atoms with E-state index in [-0.39, 0.29) is 18.5 Å². The monoisotopic (exact) mass is 806 g/mol. The van der Waals surface area contributed by atoms with Crippen LogP contribution in [0.1, 0.15) is 277 Å². The minimum absolute atomic E-state index is 0.0264. The fraction of sp³-hybridized carbons (Fsp3) is 0.922. The number of rotatable bonds is 47. The number of unbranched alkanes of at least 4 members (excludes halogenated alkanes) is 34. The number of allylic oxidation sites excluding steroid dienone is 2. The van der Waals surface area contributed by atoms with Crippen molar-refractivity contribution in [2.45, 2.75) is 289 Å². The number of aliphatic hydroxyl groups is 2. The molecule has 2 atom stereocenters. The minimum atomic E-state index is -0.678. The zero-order valence-electron chi connectivity index (χ0n) is 38.3. The Kier molecular flexibility index (Phi) is 46.1. The average molecular weight is 806 g/mol. The van der Waals surface area contributed by atoms with Gasteiger partial charge in [-0.1, -0.05) is 225 Å². The number of nitrogens with one attached hydrogen (secondary N) is 1. The van der Waals surface area contributed by atoms with Crippen molar-refractivity contribution in [3.63, 3.8) is 0 Å². The van der Waals surface area contributed by atoms with Crippen molar-refractivity contribution in [2.24, 2.45) is 0 Å². The maximum absolute atomic E-state index is 12.4. The van der Waals surface area contributed by atoms with Gasteiger partial charge in [-0.05, 0) is 51.4 Å². The lowest BCUT2D eigenvalue weighted by atomic mass is 10.0. The Morgan fingerprint density at radius 1 is 0.474 bits per heavy atom. The molecular weight excluding hydrogens is 707 g/mol. The smallest absolute Gasteiger partial charge is 0.305 e. The van der Waals surface area contributed by atoms with Gasteiger partial charge in [-0.15, -0.1) is 0 Å². The first-order chi connectivity index (χ1) is 28.0. The van der Waals surface area contributed by atoms with Crippen molar-refractivity contribution in [3.05, 3.63) is 12.2 Å². The second kappa shape index (κ2) is 47.3. The average Bonchev–Trinajstić information content (AvgIpc) is 3.21.